The standard InChI is InChI=1S/C19H22FN3O2/c1-2-3-6-10-22-19(25)17-12-14(9-11-21-17)18(24)23-13-15-7-4-5-8-16(15)20/h4-5,7-9,11-12H,2-3,6,10,13H2,1H3,(H,22,25)(H,23,24). The van der Waals surface area contributed by atoms with E-state index in [4.69, 9.17) is 0 Å². The molecule has 0 aliphatic rings. The second kappa shape index (κ2) is 9.52. The number of halogens is 1. The molecule has 0 fully saturated rings. The molecule has 2 aromatic rings. The number of rotatable bonds is 8. The van der Waals surface area contributed by atoms with Crippen molar-refractivity contribution in [3.05, 3.63) is 65.2 Å². The second-order valence-corrected chi connectivity index (χ2v) is 5.67. The van der Waals surface area contributed by atoms with E-state index in [9.17, 15) is 14.0 Å². The number of hydrogen-bond acceptors (Lipinski definition) is 3. The molecule has 2 amide bonds. The van der Waals surface area contributed by atoms with E-state index in [-0.39, 0.29) is 29.9 Å². The molecule has 132 valence electrons. The highest BCUT2D eigenvalue weighted by atomic mass is 19.1. The second-order valence-electron chi connectivity index (χ2n) is 5.67. The number of benzene rings is 1. The van der Waals surface area contributed by atoms with Crippen LogP contribution in [0.4, 0.5) is 4.39 Å². The normalized spacial score (nSPS) is 10.3. The van der Waals surface area contributed by atoms with E-state index < -0.39 is 0 Å². The van der Waals surface area contributed by atoms with Crippen LogP contribution in [0.5, 0.6) is 0 Å². The Balaban J connectivity index is 1.94. The zero-order valence-corrected chi connectivity index (χ0v) is 14.2. The van der Waals surface area contributed by atoms with Crippen molar-refractivity contribution in [3.8, 4) is 0 Å². The molecule has 0 aliphatic carbocycles. The van der Waals surface area contributed by atoms with Gasteiger partial charge in [-0.25, -0.2) is 4.39 Å². The maximum atomic E-state index is 13.6. The first kappa shape index (κ1) is 18.6. The average molecular weight is 343 g/mol. The molecule has 0 bridgehead atoms. The lowest BCUT2D eigenvalue weighted by Gasteiger charge is -2.08. The van der Waals surface area contributed by atoms with Crippen LogP contribution in [0.15, 0.2) is 42.6 Å². The predicted octanol–water partition coefficient (Wildman–Crippen LogP) is 3.07. The molecule has 0 saturated heterocycles. The van der Waals surface area contributed by atoms with Gasteiger partial charge in [0.15, 0.2) is 0 Å². The summed E-state index contributed by atoms with van der Waals surface area (Å²) < 4.78 is 13.6. The highest BCUT2D eigenvalue weighted by molar-refractivity contribution is 5.98. The summed E-state index contributed by atoms with van der Waals surface area (Å²) in [6, 6.07) is 9.20. The zero-order chi connectivity index (χ0) is 18.1. The first-order valence-corrected chi connectivity index (χ1v) is 8.37. The molecule has 1 aromatic heterocycles. The summed E-state index contributed by atoms with van der Waals surface area (Å²) in [6.07, 6.45) is 4.45. The number of carbonyl (C=O) groups is 2. The molecule has 0 spiro atoms. The van der Waals surface area contributed by atoms with E-state index in [0.717, 1.165) is 19.3 Å². The van der Waals surface area contributed by atoms with E-state index in [2.05, 4.69) is 22.5 Å². The van der Waals surface area contributed by atoms with E-state index in [0.29, 0.717) is 17.7 Å². The van der Waals surface area contributed by atoms with Crippen LogP contribution in [0, 0.1) is 5.82 Å². The number of pyridine rings is 1. The number of carbonyl (C=O) groups excluding carboxylic acids is 2. The van der Waals surface area contributed by atoms with Crippen molar-refractivity contribution in [2.45, 2.75) is 32.7 Å². The van der Waals surface area contributed by atoms with Crippen LogP contribution in [0.25, 0.3) is 0 Å². The van der Waals surface area contributed by atoms with Crippen LogP contribution in [0.2, 0.25) is 0 Å². The first-order valence-electron chi connectivity index (χ1n) is 8.37. The Bertz CT molecular complexity index is 734. The van der Waals surface area contributed by atoms with Gasteiger partial charge < -0.3 is 10.6 Å². The Kier molecular flexibility index (Phi) is 7.07. The largest absolute Gasteiger partial charge is 0.351 e. The fraction of sp³-hybridized carbons (Fsp3) is 0.316. The van der Waals surface area contributed by atoms with Crippen LogP contribution in [-0.4, -0.2) is 23.3 Å². The maximum absolute atomic E-state index is 13.6. The highest BCUT2D eigenvalue weighted by Crippen LogP contribution is 2.07. The Morgan fingerprint density at radius 1 is 1.08 bits per heavy atom. The number of aromatic nitrogens is 1. The first-order chi connectivity index (χ1) is 12.1. The van der Waals surface area contributed by atoms with E-state index in [1.807, 2.05) is 0 Å². The molecule has 0 saturated carbocycles. The van der Waals surface area contributed by atoms with Crippen molar-refractivity contribution < 1.29 is 14.0 Å². The molecule has 5 nitrogen and oxygen atoms in total. The van der Waals surface area contributed by atoms with Gasteiger partial charge in [0.25, 0.3) is 11.8 Å². The average Bonchev–Trinajstić information content (AvgIpc) is 2.64. The molecule has 0 aliphatic heterocycles. The smallest absolute Gasteiger partial charge is 0.269 e. The van der Waals surface area contributed by atoms with Gasteiger partial charge in [-0.05, 0) is 24.6 Å². The number of nitrogens with one attached hydrogen (secondary N) is 2. The minimum Gasteiger partial charge on any atom is -0.351 e. The molecular weight excluding hydrogens is 321 g/mol. The summed E-state index contributed by atoms with van der Waals surface area (Å²) in [7, 11) is 0. The van der Waals surface area contributed by atoms with E-state index in [1.54, 1.807) is 18.2 Å². The topological polar surface area (TPSA) is 71.1 Å². The highest BCUT2D eigenvalue weighted by Gasteiger charge is 2.12. The predicted molar refractivity (Wildman–Crippen MR) is 93.7 cm³/mol. The van der Waals surface area contributed by atoms with Crippen molar-refractivity contribution in [2.24, 2.45) is 0 Å². The van der Waals surface area contributed by atoms with Crippen molar-refractivity contribution >= 4 is 11.8 Å². The number of hydrogen-bond donors (Lipinski definition) is 2. The SMILES string of the molecule is CCCCCNC(=O)c1cc(C(=O)NCc2ccccc2F)ccn1. The van der Waals surface area contributed by atoms with Crippen LogP contribution >= 0.6 is 0 Å². The van der Waals surface area contributed by atoms with Gasteiger partial charge in [0.1, 0.15) is 11.5 Å². The summed E-state index contributed by atoms with van der Waals surface area (Å²) >= 11 is 0. The Morgan fingerprint density at radius 2 is 1.88 bits per heavy atom. The Labute approximate surface area is 146 Å². The van der Waals surface area contributed by atoms with Crippen molar-refractivity contribution in [1.29, 1.82) is 0 Å². The number of unbranched alkanes of at least 4 members (excludes halogenated alkanes) is 2. The third kappa shape index (κ3) is 5.67. The lowest BCUT2D eigenvalue weighted by atomic mass is 10.2. The Hall–Kier alpha value is -2.76. The van der Waals surface area contributed by atoms with E-state index >= 15 is 0 Å². The van der Waals surface area contributed by atoms with Gasteiger partial charge in [-0.1, -0.05) is 38.0 Å². The molecular formula is C19H22FN3O2. The van der Waals surface area contributed by atoms with Crippen molar-refractivity contribution in [3.63, 3.8) is 0 Å². The van der Waals surface area contributed by atoms with Gasteiger partial charge in [0.05, 0.1) is 0 Å². The zero-order valence-electron chi connectivity index (χ0n) is 14.2. The molecule has 2 N–H and O–H groups in total. The molecule has 1 heterocycles. The minimum atomic E-state index is -0.384. The summed E-state index contributed by atoms with van der Waals surface area (Å²) in [5.41, 5.74) is 0.902. The van der Waals surface area contributed by atoms with Gasteiger partial charge in [-0.2, -0.15) is 0 Å². The third-order valence-corrected chi connectivity index (χ3v) is 3.72. The third-order valence-electron chi connectivity index (χ3n) is 3.72. The molecule has 0 unspecified atom stereocenters. The summed E-state index contributed by atoms with van der Waals surface area (Å²) in [4.78, 5) is 28.3. The number of nitrogens with zero attached hydrogens (tertiary/aromatic N) is 1. The van der Waals surface area contributed by atoms with Gasteiger partial charge >= 0.3 is 0 Å². The number of amides is 2. The molecule has 1 aromatic carbocycles. The maximum Gasteiger partial charge on any atom is 0.269 e. The van der Waals surface area contributed by atoms with Crippen molar-refractivity contribution in [1.82, 2.24) is 15.6 Å². The monoisotopic (exact) mass is 343 g/mol. The molecule has 0 radical (unpaired) electrons. The fourth-order valence-corrected chi connectivity index (χ4v) is 2.28. The van der Waals surface area contributed by atoms with Gasteiger partial charge in [0, 0.05) is 30.4 Å². The van der Waals surface area contributed by atoms with Crippen molar-refractivity contribution in [2.75, 3.05) is 6.54 Å². The van der Waals surface area contributed by atoms with Gasteiger partial charge in [0.2, 0.25) is 0 Å². The molecule has 6 heteroatoms. The molecule has 25 heavy (non-hydrogen) atoms. The summed E-state index contributed by atoms with van der Waals surface area (Å²) in [6.45, 7) is 2.75. The van der Waals surface area contributed by atoms with E-state index in [1.165, 1.54) is 24.4 Å². The van der Waals surface area contributed by atoms with Crippen LogP contribution < -0.4 is 10.6 Å². The van der Waals surface area contributed by atoms with Gasteiger partial charge in [-0.15, -0.1) is 0 Å². The fourth-order valence-electron chi connectivity index (χ4n) is 2.28. The molecule has 0 atom stereocenters. The van der Waals surface area contributed by atoms with Crippen LogP contribution in [0.3, 0.4) is 0 Å². The lowest BCUT2D eigenvalue weighted by molar-refractivity contribution is 0.0948. The summed E-state index contributed by atoms with van der Waals surface area (Å²) in [5, 5.41) is 5.43. The minimum absolute atomic E-state index is 0.0758. The van der Waals surface area contributed by atoms with Crippen LogP contribution in [0.1, 0.15) is 52.6 Å². The quantitative estimate of drug-likeness (QED) is 0.724. The molecule has 2 rings (SSSR count). The Morgan fingerprint density at radius 3 is 2.64 bits per heavy atom. The lowest BCUT2D eigenvalue weighted by Crippen LogP contribution is -2.27. The van der Waals surface area contributed by atoms with Crippen LogP contribution in [-0.2, 0) is 6.54 Å². The summed E-state index contributed by atoms with van der Waals surface area (Å²) in [5.74, 6) is -1.06. The van der Waals surface area contributed by atoms with Gasteiger partial charge in [-0.3, -0.25) is 14.6 Å².